The van der Waals surface area contributed by atoms with Gasteiger partial charge in [0.05, 0.1) is 0 Å². The zero-order valence-electron chi connectivity index (χ0n) is 7.18. The van der Waals surface area contributed by atoms with Crippen molar-refractivity contribution in [3.63, 3.8) is 0 Å². The average Bonchev–Trinajstić information content (AvgIpc) is 2.25. The molecule has 2 N–H and O–H groups in total. The largest absolute Gasteiger partial charge is 0.480 e. The maximum absolute atomic E-state index is 12.5. The van der Waals surface area contributed by atoms with E-state index < -0.39 is 35.9 Å². The summed E-state index contributed by atoms with van der Waals surface area (Å²) in [5.41, 5.74) is -2.52. The van der Waals surface area contributed by atoms with Crippen molar-refractivity contribution >= 4 is 11.9 Å². The normalized spacial score (nSPS) is 32.9. The fraction of sp³-hybridized carbons (Fsp3) is 0.714. The summed E-state index contributed by atoms with van der Waals surface area (Å²) in [6, 6.07) is -1.89. The van der Waals surface area contributed by atoms with Gasteiger partial charge in [0, 0.05) is 6.42 Å². The Morgan fingerprint density at radius 2 is 2.14 bits per heavy atom. The van der Waals surface area contributed by atoms with Gasteiger partial charge in [-0.15, -0.1) is 0 Å². The summed E-state index contributed by atoms with van der Waals surface area (Å²) in [4.78, 5) is 21.2. The molecule has 7 heteroatoms. The maximum Gasteiger partial charge on any atom is 0.397 e. The van der Waals surface area contributed by atoms with Crippen molar-refractivity contribution < 1.29 is 27.9 Å². The minimum Gasteiger partial charge on any atom is -0.480 e. The molecule has 0 radical (unpaired) electrons. The third-order valence-corrected chi connectivity index (χ3v) is 2.36. The summed E-state index contributed by atoms with van der Waals surface area (Å²) in [5.74, 6) is -2.56. The first-order valence-corrected chi connectivity index (χ1v) is 3.77. The number of carboxylic acids is 1. The van der Waals surface area contributed by atoms with Gasteiger partial charge in [-0.1, -0.05) is 0 Å². The molecule has 1 heterocycles. The SMILES string of the molecule is CC1(C(F)(F)F)CC(=O)NC1C(=O)O. The predicted molar refractivity (Wildman–Crippen MR) is 38.3 cm³/mol. The van der Waals surface area contributed by atoms with E-state index in [9.17, 15) is 22.8 Å². The molecule has 2 unspecified atom stereocenters. The molecular weight excluding hydrogens is 203 g/mol. The molecule has 14 heavy (non-hydrogen) atoms. The predicted octanol–water partition coefficient (Wildman–Crippen LogP) is 0.528. The molecule has 0 saturated carbocycles. The molecule has 1 aliphatic heterocycles. The Hall–Kier alpha value is -1.27. The van der Waals surface area contributed by atoms with Crippen molar-refractivity contribution in [2.24, 2.45) is 5.41 Å². The van der Waals surface area contributed by atoms with Crippen molar-refractivity contribution in [3.05, 3.63) is 0 Å². The molecule has 1 fully saturated rings. The molecule has 0 aromatic carbocycles. The first-order valence-electron chi connectivity index (χ1n) is 3.77. The lowest BCUT2D eigenvalue weighted by Crippen LogP contribution is -2.49. The first kappa shape index (κ1) is 10.8. The van der Waals surface area contributed by atoms with Crippen LogP contribution < -0.4 is 5.32 Å². The number of alkyl halides is 3. The monoisotopic (exact) mass is 211 g/mol. The molecule has 1 rings (SSSR count). The maximum atomic E-state index is 12.5. The summed E-state index contributed by atoms with van der Waals surface area (Å²) in [5, 5.41) is 10.3. The van der Waals surface area contributed by atoms with Crippen molar-refractivity contribution in [1.82, 2.24) is 5.32 Å². The number of rotatable bonds is 1. The van der Waals surface area contributed by atoms with Crippen LogP contribution in [0.5, 0.6) is 0 Å². The highest BCUT2D eigenvalue weighted by Gasteiger charge is 2.63. The summed E-state index contributed by atoms with van der Waals surface area (Å²) in [7, 11) is 0. The van der Waals surface area contributed by atoms with Crippen molar-refractivity contribution in [2.75, 3.05) is 0 Å². The van der Waals surface area contributed by atoms with Crippen LogP contribution in [0.4, 0.5) is 13.2 Å². The highest BCUT2D eigenvalue weighted by atomic mass is 19.4. The second-order valence-electron chi connectivity index (χ2n) is 3.43. The molecule has 0 bridgehead atoms. The van der Waals surface area contributed by atoms with E-state index in [1.165, 1.54) is 0 Å². The van der Waals surface area contributed by atoms with Crippen molar-refractivity contribution in [1.29, 1.82) is 0 Å². The van der Waals surface area contributed by atoms with Crippen LogP contribution in [0, 0.1) is 5.41 Å². The third kappa shape index (κ3) is 1.42. The van der Waals surface area contributed by atoms with E-state index in [1.807, 2.05) is 0 Å². The minimum absolute atomic E-state index is 0.726. The van der Waals surface area contributed by atoms with Gasteiger partial charge in [-0.25, -0.2) is 4.79 Å². The van der Waals surface area contributed by atoms with Gasteiger partial charge in [-0.3, -0.25) is 4.79 Å². The highest BCUT2D eigenvalue weighted by Crippen LogP contribution is 2.46. The number of hydrogen-bond acceptors (Lipinski definition) is 2. The van der Waals surface area contributed by atoms with Gasteiger partial charge in [0.1, 0.15) is 11.5 Å². The van der Waals surface area contributed by atoms with Crippen molar-refractivity contribution in [3.8, 4) is 0 Å². The zero-order chi connectivity index (χ0) is 11.1. The Morgan fingerprint density at radius 1 is 1.64 bits per heavy atom. The lowest BCUT2D eigenvalue weighted by Gasteiger charge is -2.29. The van der Waals surface area contributed by atoms with Gasteiger partial charge in [-0.2, -0.15) is 13.2 Å². The van der Waals surface area contributed by atoms with Gasteiger partial charge in [0.25, 0.3) is 0 Å². The number of carbonyl (C=O) groups excluding carboxylic acids is 1. The smallest absolute Gasteiger partial charge is 0.397 e. The van der Waals surface area contributed by atoms with E-state index in [-0.39, 0.29) is 0 Å². The first-order chi connectivity index (χ1) is 6.18. The Labute approximate surface area is 77.1 Å². The summed E-state index contributed by atoms with van der Waals surface area (Å²) < 4.78 is 37.4. The van der Waals surface area contributed by atoms with E-state index in [0.29, 0.717) is 0 Å². The number of halogens is 3. The third-order valence-electron chi connectivity index (χ3n) is 2.36. The average molecular weight is 211 g/mol. The van der Waals surface area contributed by atoms with E-state index in [4.69, 9.17) is 5.11 Å². The summed E-state index contributed by atoms with van der Waals surface area (Å²) >= 11 is 0. The van der Waals surface area contributed by atoms with Crippen LogP contribution in [0.2, 0.25) is 0 Å². The fourth-order valence-corrected chi connectivity index (χ4v) is 1.41. The number of amides is 1. The van der Waals surface area contributed by atoms with Gasteiger partial charge in [-0.05, 0) is 6.92 Å². The standard InChI is InChI=1S/C7H8F3NO3/c1-6(7(8,9)10)2-3(12)11-4(6)5(13)14/h4H,2H2,1H3,(H,11,12)(H,13,14). The lowest BCUT2D eigenvalue weighted by molar-refractivity contribution is -0.223. The minimum atomic E-state index is -4.71. The Morgan fingerprint density at radius 3 is 2.43 bits per heavy atom. The molecule has 1 saturated heterocycles. The summed E-state index contributed by atoms with van der Waals surface area (Å²) in [6.45, 7) is 0.726. The molecule has 2 atom stereocenters. The molecule has 80 valence electrons. The Balaban J connectivity index is 3.07. The van der Waals surface area contributed by atoms with E-state index >= 15 is 0 Å². The summed E-state index contributed by atoms with van der Waals surface area (Å²) in [6.07, 6.45) is -5.55. The number of nitrogens with one attached hydrogen (secondary N) is 1. The Kier molecular flexibility index (Phi) is 2.21. The van der Waals surface area contributed by atoms with Gasteiger partial charge >= 0.3 is 12.1 Å². The topological polar surface area (TPSA) is 66.4 Å². The molecule has 0 aromatic rings. The lowest BCUT2D eigenvalue weighted by atomic mass is 9.82. The van der Waals surface area contributed by atoms with Gasteiger partial charge < -0.3 is 10.4 Å². The van der Waals surface area contributed by atoms with E-state index in [1.54, 1.807) is 5.32 Å². The van der Waals surface area contributed by atoms with Crippen LogP contribution in [-0.2, 0) is 9.59 Å². The number of aliphatic carboxylic acids is 1. The van der Waals surface area contributed by atoms with Crippen LogP contribution in [0.1, 0.15) is 13.3 Å². The number of carboxylic acid groups (broad SMARTS) is 1. The van der Waals surface area contributed by atoms with Gasteiger partial charge in [0.15, 0.2) is 0 Å². The number of hydrogen-bond donors (Lipinski definition) is 2. The molecule has 4 nitrogen and oxygen atoms in total. The van der Waals surface area contributed by atoms with E-state index in [0.717, 1.165) is 6.92 Å². The molecule has 1 aliphatic rings. The second kappa shape index (κ2) is 2.86. The fourth-order valence-electron chi connectivity index (χ4n) is 1.41. The van der Waals surface area contributed by atoms with Crippen LogP contribution >= 0.6 is 0 Å². The van der Waals surface area contributed by atoms with Crippen LogP contribution in [0.3, 0.4) is 0 Å². The Bertz CT molecular complexity index is 288. The van der Waals surface area contributed by atoms with Gasteiger partial charge in [0.2, 0.25) is 5.91 Å². The molecule has 0 aliphatic carbocycles. The number of carbonyl (C=O) groups is 2. The van der Waals surface area contributed by atoms with Crippen molar-refractivity contribution in [2.45, 2.75) is 25.6 Å². The second-order valence-corrected chi connectivity index (χ2v) is 3.43. The van der Waals surface area contributed by atoms with Crippen LogP contribution in [0.15, 0.2) is 0 Å². The quantitative estimate of drug-likeness (QED) is 0.664. The zero-order valence-corrected chi connectivity index (χ0v) is 7.18. The molecule has 0 aromatic heterocycles. The highest BCUT2D eigenvalue weighted by molar-refractivity contribution is 5.89. The molecule has 0 spiro atoms. The van der Waals surface area contributed by atoms with E-state index in [2.05, 4.69) is 0 Å². The van der Waals surface area contributed by atoms with Crippen LogP contribution in [-0.4, -0.2) is 29.2 Å². The molecular formula is C7H8F3NO3. The molecule has 1 amide bonds. The van der Waals surface area contributed by atoms with Crippen LogP contribution in [0.25, 0.3) is 0 Å².